The van der Waals surface area contributed by atoms with Crippen LogP contribution in [0, 0.1) is 5.92 Å². The number of amides is 1. The van der Waals surface area contributed by atoms with Gasteiger partial charge in [-0.25, -0.2) is 0 Å². The zero-order valence-electron chi connectivity index (χ0n) is 11.3. The molecule has 1 atom stereocenters. The number of phenols is 1. The summed E-state index contributed by atoms with van der Waals surface area (Å²) < 4.78 is 10.1. The molecule has 5 heteroatoms. The second-order valence-corrected chi connectivity index (χ2v) is 4.75. The lowest BCUT2D eigenvalue weighted by Crippen LogP contribution is -2.29. The first-order valence-corrected chi connectivity index (χ1v) is 6.31. The molecular formula is C14H19NO4. The topological polar surface area (TPSA) is 59.0 Å². The minimum absolute atomic E-state index is 0.0130. The van der Waals surface area contributed by atoms with Crippen LogP contribution in [0.5, 0.6) is 11.5 Å². The molecular weight excluding hydrogens is 246 g/mol. The normalized spacial score (nSPS) is 18.6. The van der Waals surface area contributed by atoms with Crippen molar-refractivity contribution in [1.29, 1.82) is 0 Å². The second kappa shape index (κ2) is 5.93. The fourth-order valence-electron chi connectivity index (χ4n) is 2.39. The first kappa shape index (κ1) is 13.7. The summed E-state index contributed by atoms with van der Waals surface area (Å²) in [7, 11) is 3.15. The van der Waals surface area contributed by atoms with E-state index in [0.29, 0.717) is 30.4 Å². The van der Waals surface area contributed by atoms with Crippen molar-refractivity contribution in [3.63, 3.8) is 0 Å². The number of phenolic OH excluding ortho intramolecular Hbond substituents is 1. The van der Waals surface area contributed by atoms with Crippen molar-refractivity contribution < 1.29 is 19.4 Å². The third-order valence-corrected chi connectivity index (χ3v) is 3.40. The van der Waals surface area contributed by atoms with Crippen molar-refractivity contribution in [2.24, 2.45) is 5.92 Å². The van der Waals surface area contributed by atoms with Gasteiger partial charge in [0.1, 0.15) is 0 Å². The minimum Gasteiger partial charge on any atom is -0.504 e. The molecule has 0 aliphatic carbocycles. The summed E-state index contributed by atoms with van der Waals surface area (Å²) in [5.74, 6) is 0.702. The van der Waals surface area contributed by atoms with Gasteiger partial charge in [0.15, 0.2) is 11.5 Å². The lowest BCUT2D eigenvalue weighted by atomic mass is 10.1. The van der Waals surface area contributed by atoms with E-state index in [1.165, 1.54) is 13.2 Å². The third-order valence-electron chi connectivity index (χ3n) is 3.40. The van der Waals surface area contributed by atoms with E-state index in [2.05, 4.69) is 0 Å². The molecule has 0 saturated carbocycles. The number of likely N-dealkylation sites (tertiary alicyclic amines) is 1. The number of benzene rings is 1. The molecule has 0 radical (unpaired) electrons. The fourth-order valence-corrected chi connectivity index (χ4v) is 2.39. The molecule has 1 heterocycles. The predicted octanol–water partition coefficient (Wildman–Crippen LogP) is 1.51. The molecule has 0 bridgehead atoms. The Morgan fingerprint density at radius 1 is 1.47 bits per heavy atom. The third kappa shape index (κ3) is 2.98. The predicted molar refractivity (Wildman–Crippen MR) is 70.5 cm³/mol. The SMILES string of the molecule is COCC1CCN(C(=O)c2ccc(OC)c(O)c2)C1. The fraction of sp³-hybridized carbons (Fsp3) is 0.500. The molecule has 2 rings (SSSR count). The van der Waals surface area contributed by atoms with Gasteiger partial charge in [0.05, 0.1) is 13.7 Å². The highest BCUT2D eigenvalue weighted by molar-refractivity contribution is 5.95. The van der Waals surface area contributed by atoms with Crippen molar-refractivity contribution in [3.8, 4) is 11.5 Å². The zero-order chi connectivity index (χ0) is 13.8. The second-order valence-electron chi connectivity index (χ2n) is 4.75. The van der Waals surface area contributed by atoms with Gasteiger partial charge in [-0.3, -0.25) is 4.79 Å². The Hall–Kier alpha value is -1.75. The summed E-state index contributed by atoms with van der Waals surface area (Å²) >= 11 is 0. The molecule has 0 aromatic heterocycles. The summed E-state index contributed by atoms with van der Waals surface area (Å²) in [4.78, 5) is 14.1. The van der Waals surface area contributed by atoms with Crippen LogP contribution in [0.2, 0.25) is 0 Å². The summed E-state index contributed by atoms with van der Waals surface area (Å²) in [6, 6.07) is 4.72. The molecule has 1 saturated heterocycles. The number of aromatic hydroxyl groups is 1. The maximum absolute atomic E-state index is 12.3. The number of carbonyl (C=O) groups is 1. The van der Waals surface area contributed by atoms with E-state index >= 15 is 0 Å². The molecule has 1 aliphatic heterocycles. The van der Waals surface area contributed by atoms with Gasteiger partial charge in [0, 0.05) is 31.7 Å². The van der Waals surface area contributed by atoms with Gasteiger partial charge >= 0.3 is 0 Å². The van der Waals surface area contributed by atoms with Crippen LogP contribution in [0.1, 0.15) is 16.8 Å². The summed E-state index contributed by atoms with van der Waals surface area (Å²) in [5.41, 5.74) is 0.483. The van der Waals surface area contributed by atoms with Crippen LogP contribution in [0.3, 0.4) is 0 Å². The van der Waals surface area contributed by atoms with Crippen LogP contribution < -0.4 is 4.74 Å². The Kier molecular flexibility index (Phi) is 4.27. The molecule has 0 spiro atoms. The molecule has 1 fully saturated rings. The van der Waals surface area contributed by atoms with E-state index in [1.807, 2.05) is 0 Å². The number of hydrogen-bond acceptors (Lipinski definition) is 4. The lowest BCUT2D eigenvalue weighted by molar-refractivity contribution is 0.0775. The van der Waals surface area contributed by atoms with Crippen LogP contribution in [0.25, 0.3) is 0 Å². The molecule has 19 heavy (non-hydrogen) atoms. The molecule has 1 unspecified atom stereocenters. The van der Waals surface area contributed by atoms with Gasteiger partial charge in [-0.2, -0.15) is 0 Å². The zero-order valence-corrected chi connectivity index (χ0v) is 11.3. The standard InChI is InChI=1S/C14H19NO4/c1-18-9-10-5-6-15(8-10)14(17)11-3-4-13(19-2)12(16)7-11/h3-4,7,10,16H,5-6,8-9H2,1-2H3. The Morgan fingerprint density at radius 2 is 2.26 bits per heavy atom. The maximum atomic E-state index is 12.3. The molecule has 1 aliphatic rings. The molecule has 1 aromatic rings. The molecule has 1 amide bonds. The Balaban J connectivity index is 2.06. The van der Waals surface area contributed by atoms with E-state index in [0.717, 1.165) is 13.0 Å². The number of carbonyl (C=O) groups excluding carboxylic acids is 1. The van der Waals surface area contributed by atoms with E-state index in [-0.39, 0.29) is 11.7 Å². The highest BCUT2D eigenvalue weighted by Gasteiger charge is 2.27. The molecule has 5 nitrogen and oxygen atoms in total. The smallest absolute Gasteiger partial charge is 0.254 e. The Bertz CT molecular complexity index is 461. The van der Waals surface area contributed by atoms with E-state index < -0.39 is 0 Å². The van der Waals surface area contributed by atoms with Crippen LogP contribution in [-0.4, -0.2) is 49.8 Å². The molecule has 104 valence electrons. The van der Waals surface area contributed by atoms with E-state index in [1.54, 1.807) is 24.1 Å². The van der Waals surface area contributed by atoms with Crippen LogP contribution in [0.4, 0.5) is 0 Å². The maximum Gasteiger partial charge on any atom is 0.254 e. The van der Waals surface area contributed by atoms with Crippen LogP contribution >= 0.6 is 0 Å². The van der Waals surface area contributed by atoms with Crippen molar-refractivity contribution >= 4 is 5.91 Å². The lowest BCUT2D eigenvalue weighted by Gasteiger charge is -2.17. The quantitative estimate of drug-likeness (QED) is 0.896. The Labute approximate surface area is 112 Å². The average Bonchev–Trinajstić information content (AvgIpc) is 2.87. The largest absolute Gasteiger partial charge is 0.504 e. The summed E-state index contributed by atoms with van der Waals surface area (Å²) in [6.45, 7) is 2.12. The minimum atomic E-state index is -0.0587. The Morgan fingerprint density at radius 3 is 2.89 bits per heavy atom. The van der Waals surface area contributed by atoms with Crippen molar-refractivity contribution in [2.45, 2.75) is 6.42 Å². The van der Waals surface area contributed by atoms with E-state index in [4.69, 9.17) is 9.47 Å². The van der Waals surface area contributed by atoms with Crippen molar-refractivity contribution in [1.82, 2.24) is 4.90 Å². The van der Waals surface area contributed by atoms with E-state index in [9.17, 15) is 9.90 Å². The average molecular weight is 265 g/mol. The van der Waals surface area contributed by atoms with Crippen LogP contribution in [0.15, 0.2) is 18.2 Å². The van der Waals surface area contributed by atoms with Gasteiger partial charge in [-0.05, 0) is 24.6 Å². The first-order valence-electron chi connectivity index (χ1n) is 6.31. The number of rotatable bonds is 4. The van der Waals surface area contributed by atoms with Crippen molar-refractivity contribution in [2.75, 3.05) is 33.9 Å². The monoisotopic (exact) mass is 265 g/mol. The number of hydrogen-bond donors (Lipinski definition) is 1. The molecule has 1 aromatic carbocycles. The summed E-state index contributed by atoms with van der Waals surface area (Å²) in [6.07, 6.45) is 0.960. The molecule has 1 N–H and O–H groups in total. The van der Waals surface area contributed by atoms with Gasteiger partial charge in [-0.15, -0.1) is 0 Å². The number of methoxy groups -OCH3 is 2. The van der Waals surface area contributed by atoms with Gasteiger partial charge in [-0.1, -0.05) is 0 Å². The van der Waals surface area contributed by atoms with Gasteiger partial charge in [0.25, 0.3) is 5.91 Å². The highest BCUT2D eigenvalue weighted by atomic mass is 16.5. The number of ether oxygens (including phenoxy) is 2. The highest BCUT2D eigenvalue weighted by Crippen LogP contribution is 2.27. The van der Waals surface area contributed by atoms with Gasteiger partial charge in [0.2, 0.25) is 0 Å². The van der Waals surface area contributed by atoms with Gasteiger partial charge < -0.3 is 19.5 Å². The summed E-state index contributed by atoms with van der Waals surface area (Å²) in [5, 5.41) is 9.70. The number of nitrogens with zero attached hydrogens (tertiary/aromatic N) is 1. The first-order chi connectivity index (χ1) is 9.15. The van der Waals surface area contributed by atoms with Crippen LogP contribution in [-0.2, 0) is 4.74 Å². The van der Waals surface area contributed by atoms with Crippen molar-refractivity contribution in [3.05, 3.63) is 23.8 Å².